The van der Waals surface area contributed by atoms with Crippen LogP contribution in [-0.2, 0) is 0 Å². The Bertz CT molecular complexity index is 62.8. The molecule has 0 aromatic heterocycles. The average Bonchev–Trinajstić information content (AvgIpc) is 1.83. The maximum atomic E-state index is 8.32. The SMILES string of the molecule is CCC(/C=C\O)CC. The monoisotopic (exact) mass is 114 g/mol. The third-order valence-corrected chi connectivity index (χ3v) is 1.41. The minimum Gasteiger partial charge on any atom is -0.516 e. The van der Waals surface area contributed by atoms with E-state index in [1.54, 1.807) is 0 Å². The second-order valence-corrected chi connectivity index (χ2v) is 1.92. The molecule has 0 aromatic rings. The van der Waals surface area contributed by atoms with Crippen molar-refractivity contribution in [2.24, 2.45) is 5.92 Å². The van der Waals surface area contributed by atoms with E-state index in [9.17, 15) is 0 Å². The Kier molecular flexibility index (Phi) is 4.42. The van der Waals surface area contributed by atoms with Gasteiger partial charge in [-0.1, -0.05) is 13.8 Å². The Labute approximate surface area is 51.0 Å². The lowest BCUT2D eigenvalue weighted by Gasteiger charge is -2.01. The van der Waals surface area contributed by atoms with Gasteiger partial charge in [-0.15, -0.1) is 0 Å². The Balaban J connectivity index is 3.36. The molecule has 0 bridgehead atoms. The van der Waals surface area contributed by atoms with E-state index in [2.05, 4.69) is 13.8 Å². The van der Waals surface area contributed by atoms with Crippen LogP contribution in [0.5, 0.6) is 0 Å². The van der Waals surface area contributed by atoms with Crippen LogP contribution in [0.3, 0.4) is 0 Å². The van der Waals surface area contributed by atoms with Gasteiger partial charge >= 0.3 is 0 Å². The second-order valence-electron chi connectivity index (χ2n) is 1.92. The molecule has 0 fully saturated rings. The van der Waals surface area contributed by atoms with Crippen molar-refractivity contribution in [2.45, 2.75) is 26.7 Å². The predicted octanol–water partition coefficient (Wildman–Crippen LogP) is 2.49. The molecule has 0 unspecified atom stereocenters. The maximum Gasteiger partial charge on any atom is 0.0754 e. The highest BCUT2D eigenvalue weighted by Crippen LogP contribution is 2.07. The standard InChI is InChI=1S/C7H14O/c1-3-7(4-2)5-6-8/h5-8H,3-4H2,1-2H3/b6-5-. The zero-order valence-corrected chi connectivity index (χ0v) is 5.59. The van der Waals surface area contributed by atoms with Crippen LogP contribution < -0.4 is 0 Å². The summed E-state index contributed by atoms with van der Waals surface area (Å²) in [6, 6.07) is 0. The Morgan fingerprint density at radius 2 is 1.88 bits per heavy atom. The minimum atomic E-state index is 0.569. The number of hydrogen-bond acceptors (Lipinski definition) is 1. The molecule has 1 N–H and O–H groups in total. The number of aliphatic hydroxyl groups is 1. The molecular weight excluding hydrogens is 100 g/mol. The lowest BCUT2D eigenvalue weighted by molar-refractivity contribution is 0.459. The van der Waals surface area contributed by atoms with Gasteiger partial charge in [0.2, 0.25) is 0 Å². The van der Waals surface area contributed by atoms with E-state index in [-0.39, 0.29) is 0 Å². The van der Waals surface area contributed by atoms with Gasteiger partial charge in [0.1, 0.15) is 0 Å². The zero-order chi connectivity index (χ0) is 6.41. The van der Waals surface area contributed by atoms with Gasteiger partial charge in [-0.2, -0.15) is 0 Å². The zero-order valence-electron chi connectivity index (χ0n) is 5.59. The molecule has 0 aliphatic rings. The van der Waals surface area contributed by atoms with Crippen LogP contribution in [0.1, 0.15) is 26.7 Å². The molecule has 0 atom stereocenters. The van der Waals surface area contributed by atoms with Gasteiger partial charge in [-0.3, -0.25) is 0 Å². The van der Waals surface area contributed by atoms with E-state index < -0.39 is 0 Å². The highest BCUT2D eigenvalue weighted by atomic mass is 16.2. The molecule has 0 heterocycles. The molecule has 0 rings (SSSR count). The fraction of sp³-hybridized carbons (Fsp3) is 0.714. The fourth-order valence-electron chi connectivity index (χ4n) is 0.683. The molecule has 0 aliphatic heterocycles. The third-order valence-electron chi connectivity index (χ3n) is 1.41. The van der Waals surface area contributed by atoms with E-state index in [4.69, 9.17) is 5.11 Å². The fourth-order valence-corrected chi connectivity index (χ4v) is 0.683. The van der Waals surface area contributed by atoms with Crippen molar-refractivity contribution in [3.63, 3.8) is 0 Å². The summed E-state index contributed by atoms with van der Waals surface area (Å²) in [6.07, 6.45) is 5.21. The van der Waals surface area contributed by atoms with Crippen molar-refractivity contribution in [3.05, 3.63) is 12.3 Å². The summed E-state index contributed by atoms with van der Waals surface area (Å²) in [5.74, 6) is 0.569. The molecule has 8 heavy (non-hydrogen) atoms. The van der Waals surface area contributed by atoms with Crippen LogP contribution in [0.4, 0.5) is 0 Å². The lowest BCUT2D eigenvalue weighted by Crippen LogP contribution is -1.89. The van der Waals surface area contributed by atoms with Crippen molar-refractivity contribution in [1.29, 1.82) is 0 Å². The summed E-state index contributed by atoms with van der Waals surface area (Å²) in [7, 11) is 0. The van der Waals surface area contributed by atoms with Crippen molar-refractivity contribution in [1.82, 2.24) is 0 Å². The van der Waals surface area contributed by atoms with Gasteiger partial charge in [0, 0.05) is 0 Å². The van der Waals surface area contributed by atoms with Crippen LogP contribution in [0.25, 0.3) is 0 Å². The molecular formula is C7H14O. The van der Waals surface area contributed by atoms with Gasteiger partial charge < -0.3 is 5.11 Å². The minimum absolute atomic E-state index is 0.569. The Morgan fingerprint density at radius 3 is 2.00 bits per heavy atom. The largest absolute Gasteiger partial charge is 0.516 e. The topological polar surface area (TPSA) is 20.2 Å². The number of hydrogen-bond donors (Lipinski definition) is 1. The molecule has 1 nitrogen and oxygen atoms in total. The van der Waals surface area contributed by atoms with Gasteiger partial charge in [0.25, 0.3) is 0 Å². The predicted molar refractivity (Wildman–Crippen MR) is 35.8 cm³/mol. The van der Waals surface area contributed by atoms with Crippen molar-refractivity contribution < 1.29 is 5.11 Å². The molecule has 0 saturated carbocycles. The van der Waals surface area contributed by atoms with Gasteiger partial charge in [0.05, 0.1) is 6.26 Å². The van der Waals surface area contributed by atoms with E-state index in [1.165, 1.54) is 0 Å². The molecule has 1 heteroatoms. The Hall–Kier alpha value is -0.460. The van der Waals surface area contributed by atoms with Crippen LogP contribution in [0, 0.1) is 5.92 Å². The van der Waals surface area contributed by atoms with E-state index in [1.807, 2.05) is 6.08 Å². The van der Waals surface area contributed by atoms with Crippen molar-refractivity contribution >= 4 is 0 Å². The van der Waals surface area contributed by atoms with Gasteiger partial charge in [-0.05, 0) is 24.8 Å². The first kappa shape index (κ1) is 7.54. The molecule has 48 valence electrons. The molecule has 0 saturated heterocycles. The lowest BCUT2D eigenvalue weighted by atomic mass is 10.0. The molecule has 0 aliphatic carbocycles. The number of rotatable bonds is 3. The average molecular weight is 114 g/mol. The number of allylic oxidation sites excluding steroid dienone is 1. The molecule has 0 amide bonds. The first-order valence-electron chi connectivity index (χ1n) is 3.16. The van der Waals surface area contributed by atoms with E-state index in [0.717, 1.165) is 19.1 Å². The van der Waals surface area contributed by atoms with Crippen LogP contribution >= 0.6 is 0 Å². The Morgan fingerprint density at radius 1 is 1.38 bits per heavy atom. The first-order valence-corrected chi connectivity index (χ1v) is 3.16. The van der Waals surface area contributed by atoms with Gasteiger partial charge in [0.15, 0.2) is 0 Å². The molecule has 0 spiro atoms. The smallest absolute Gasteiger partial charge is 0.0754 e. The maximum absolute atomic E-state index is 8.32. The van der Waals surface area contributed by atoms with E-state index >= 15 is 0 Å². The summed E-state index contributed by atoms with van der Waals surface area (Å²) in [5, 5.41) is 8.32. The summed E-state index contributed by atoms with van der Waals surface area (Å²) in [5.41, 5.74) is 0. The number of aliphatic hydroxyl groups excluding tert-OH is 1. The normalized spacial score (nSPS) is 11.4. The van der Waals surface area contributed by atoms with Crippen LogP contribution in [0.2, 0.25) is 0 Å². The summed E-state index contributed by atoms with van der Waals surface area (Å²) < 4.78 is 0. The van der Waals surface area contributed by atoms with Crippen molar-refractivity contribution in [3.8, 4) is 0 Å². The summed E-state index contributed by atoms with van der Waals surface area (Å²) in [4.78, 5) is 0. The summed E-state index contributed by atoms with van der Waals surface area (Å²) in [6.45, 7) is 4.24. The highest BCUT2D eigenvalue weighted by molar-refractivity contribution is 4.79. The van der Waals surface area contributed by atoms with Gasteiger partial charge in [-0.25, -0.2) is 0 Å². The second kappa shape index (κ2) is 4.69. The van der Waals surface area contributed by atoms with Crippen LogP contribution in [0.15, 0.2) is 12.3 Å². The van der Waals surface area contributed by atoms with Crippen molar-refractivity contribution in [2.75, 3.05) is 0 Å². The van der Waals surface area contributed by atoms with Crippen LogP contribution in [-0.4, -0.2) is 5.11 Å². The third kappa shape index (κ3) is 2.67. The quantitative estimate of drug-likeness (QED) is 0.559. The first-order chi connectivity index (χ1) is 3.85. The molecule has 0 aromatic carbocycles. The highest BCUT2D eigenvalue weighted by Gasteiger charge is 1.94. The molecule has 0 radical (unpaired) electrons. The summed E-state index contributed by atoms with van der Waals surface area (Å²) >= 11 is 0. The van der Waals surface area contributed by atoms with E-state index in [0.29, 0.717) is 5.92 Å².